The summed E-state index contributed by atoms with van der Waals surface area (Å²) in [7, 11) is 0. The first-order valence-corrected chi connectivity index (χ1v) is 8.83. The Hall–Kier alpha value is -2.45. The zero-order chi connectivity index (χ0) is 18.9. The van der Waals surface area contributed by atoms with Crippen LogP contribution in [0.2, 0.25) is 0 Å². The Bertz CT molecular complexity index is 740. The average Bonchev–Trinajstić information content (AvgIpc) is 2.64. The Morgan fingerprint density at radius 2 is 2.04 bits per heavy atom. The Balaban J connectivity index is 2.05. The first-order valence-electron chi connectivity index (χ1n) is 8.03. The van der Waals surface area contributed by atoms with Crippen molar-refractivity contribution >= 4 is 33.6 Å². The van der Waals surface area contributed by atoms with Gasteiger partial charge in [-0.15, -0.1) is 0 Å². The minimum absolute atomic E-state index is 0.00765. The van der Waals surface area contributed by atoms with Crippen LogP contribution in [0, 0.1) is 0 Å². The van der Waals surface area contributed by atoms with E-state index in [1.807, 2.05) is 18.2 Å². The number of hydrogen-bond acceptors (Lipinski definition) is 5. The maximum atomic E-state index is 12.9. The molecule has 1 heterocycles. The predicted octanol–water partition coefficient (Wildman–Crippen LogP) is 2.60. The number of rotatable bonds is 7. The SMILES string of the molecule is CC(O)CNC(=O)OCCN(C(=O)c1cncc(Br)c1)c1ccccc1. The van der Waals surface area contributed by atoms with E-state index in [-0.39, 0.29) is 25.6 Å². The van der Waals surface area contributed by atoms with Crippen LogP contribution in [-0.2, 0) is 4.74 Å². The summed E-state index contributed by atoms with van der Waals surface area (Å²) in [6.07, 6.45) is 1.78. The van der Waals surface area contributed by atoms with E-state index in [0.717, 1.165) is 0 Å². The van der Waals surface area contributed by atoms with Crippen molar-refractivity contribution in [1.29, 1.82) is 0 Å². The Kier molecular flexibility index (Phi) is 7.55. The molecular formula is C18H20BrN3O4. The first-order chi connectivity index (χ1) is 12.5. The van der Waals surface area contributed by atoms with Gasteiger partial charge in [0.25, 0.3) is 5.91 Å². The lowest BCUT2D eigenvalue weighted by molar-refractivity contribution is 0.0971. The number of aliphatic hydroxyl groups excluding tert-OH is 1. The van der Waals surface area contributed by atoms with Crippen LogP contribution < -0.4 is 10.2 Å². The van der Waals surface area contributed by atoms with Gasteiger partial charge in [0.1, 0.15) is 6.61 Å². The molecule has 0 radical (unpaired) electrons. The monoisotopic (exact) mass is 421 g/mol. The van der Waals surface area contributed by atoms with E-state index in [1.54, 1.807) is 31.3 Å². The van der Waals surface area contributed by atoms with Gasteiger partial charge in [-0.2, -0.15) is 0 Å². The molecule has 0 bridgehead atoms. The summed E-state index contributed by atoms with van der Waals surface area (Å²) < 4.78 is 5.77. The molecule has 2 aromatic rings. The van der Waals surface area contributed by atoms with Crippen molar-refractivity contribution in [2.75, 3.05) is 24.6 Å². The van der Waals surface area contributed by atoms with E-state index in [0.29, 0.717) is 15.7 Å². The number of ether oxygens (including phenoxy) is 1. The highest BCUT2D eigenvalue weighted by Crippen LogP contribution is 2.18. The topological polar surface area (TPSA) is 91.8 Å². The fourth-order valence-electron chi connectivity index (χ4n) is 2.15. The Morgan fingerprint density at radius 1 is 1.31 bits per heavy atom. The zero-order valence-corrected chi connectivity index (χ0v) is 15.8. The summed E-state index contributed by atoms with van der Waals surface area (Å²) in [5.74, 6) is -0.252. The van der Waals surface area contributed by atoms with E-state index in [4.69, 9.17) is 9.84 Å². The van der Waals surface area contributed by atoms with E-state index in [9.17, 15) is 9.59 Å². The molecule has 2 N–H and O–H groups in total. The molecule has 0 fully saturated rings. The number of anilines is 1. The maximum absolute atomic E-state index is 12.9. The van der Waals surface area contributed by atoms with Crippen LogP contribution in [0.4, 0.5) is 10.5 Å². The minimum atomic E-state index is -0.658. The van der Waals surface area contributed by atoms with Gasteiger partial charge in [-0.1, -0.05) is 18.2 Å². The molecule has 0 aliphatic rings. The van der Waals surface area contributed by atoms with Gasteiger partial charge in [0, 0.05) is 29.1 Å². The normalized spacial score (nSPS) is 11.5. The summed E-state index contributed by atoms with van der Waals surface area (Å²) >= 11 is 3.31. The number of pyridine rings is 1. The standard InChI is InChI=1S/C18H20BrN3O4/c1-13(23)10-21-18(25)26-8-7-22(16-5-3-2-4-6-16)17(24)14-9-15(19)12-20-11-14/h2-6,9,11-13,23H,7-8,10H2,1H3,(H,21,25). The number of aliphatic hydroxyl groups is 1. The van der Waals surface area contributed by atoms with E-state index < -0.39 is 12.2 Å². The van der Waals surface area contributed by atoms with Crippen molar-refractivity contribution in [2.24, 2.45) is 0 Å². The highest BCUT2D eigenvalue weighted by Gasteiger charge is 2.19. The number of nitrogens with zero attached hydrogens (tertiary/aromatic N) is 2. The molecule has 0 aliphatic carbocycles. The van der Waals surface area contributed by atoms with Gasteiger partial charge in [0.2, 0.25) is 0 Å². The lowest BCUT2D eigenvalue weighted by Gasteiger charge is -2.23. The predicted molar refractivity (Wildman–Crippen MR) is 101 cm³/mol. The molecule has 0 saturated heterocycles. The number of para-hydroxylation sites is 1. The largest absolute Gasteiger partial charge is 0.448 e. The van der Waals surface area contributed by atoms with Crippen LogP contribution >= 0.6 is 15.9 Å². The minimum Gasteiger partial charge on any atom is -0.448 e. The number of amides is 2. The highest BCUT2D eigenvalue weighted by molar-refractivity contribution is 9.10. The molecule has 8 heteroatoms. The maximum Gasteiger partial charge on any atom is 0.407 e. The van der Waals surface area contributed by atoms with Gasteiger partial charge in [-0.3, -0.25) is 9.78 Å². The number of carbonyl (C=O) groups excluding carboxylic acids is 2. The van der Waals surface area contributed by atoms with Gasteiger partial charge in [0.15, 0.2) is 0 Å². The third-order valence-electron chi connectivity index (χ3n) is 3.35. The van der Waals surface area contributed by atoms with Crippen LogP contribution in [0.15, 0.2) is 53.3 Å². The third-order valence-corrected chi connectivity index (χ3v) is 3.79. The molecule has 1 aromatic heterocycles. The number of carbonyl (C=O) groups is 2. The summed E-state index contributed by atoms with van der Waals surface area (Å²) in [5.41, 5.74) is 1.10. The Labute approximate surface area is 160 Å². The van der Waals surface area contributed by atoms with Crippen molar-refractivity contribution in [2.45, 2.75) is 13.0 Å². The molecule has 138 valence electrons. The summed E-state index contributed by atoms with van der Waals surface area (Å²) in [4.78, 5) is 30.0. The van der Waals surface area contributed by atoms with Gasteiger partial charge in [-0.05, 0) is 41.1 Å². The molecule has 7 nitrogen and oxygen atoms in total. The summed E-state index contributed by atoms with van der Waals surface area (Å²) in [6.45, 7) is 1.84. The number of alkyl carbamates (subject to hydrolysis) is 1. The van der Waals surface area contributed by atoms with E-state index >= 15 is 0 Å². The number of halogens is 1. The molecule has 26 heavy (non-hydrogen) atoms. The molecule has 2 rings (SSSR count). The number of benzene rings is 1. The van der Waals surface area contributed by atoms with Gasteiger partial charge in [-0.25, -0.2) is 4.79 Å². The van der Waals surface area contributed by atoms with Crippen LogP contribution in [-0.4, -0.2) is 47.9 Å². The second kappa shape index (κ2) is 9.88. The fourth-order valence-corrected chi connectivity index (χ4v) is 2.52. The lowest BCUT2D eigenvalue weighted by atomic mass is 10.2. The van der Waals surface area contributed by atoms with Crippen molar-refractivity contribution in [1.82, 2.24) is 10.3 Å². The average molecular weight is 422 g/mol. The quantitative estimate of drug-likeness (QED) is 0.716. The summed E-state index contributed by atoms with van der Waals surface area (Å²) in [5, 5.41) is 11.6. The van der Waals surface area contributed by atoms with Crippen LogP contribution in [0.1, 0.15) is 17.3 Å². The second-order valence-electron chi connectivity index (χ2n) is 5.55. The van der Waals surface area contributed by atoms with Gasteiger partial charge < -0.3 is 20.1 Å². The van der Waals surface area contributed by atoms with Crippen molar-refractivity contribution < 1.29 is 19.4 Å². The van der Waals surface area contributed by atoms with Gasteiger partial charge in [0.05, 0.1) is 18.2 Å². The fraction of sp³-hybridized carbons (Fsp3) is 0.278. The smallest absolute Gasteiger partial charge is 0.407 e. The van der Waals surface area contributed by atoms with E-state index in [2.05, 4.69) is 26.2 Å². The molecule has 0 saturated carbocycles. The lowest BCUT2D eigenvalue weighted by Crippen LogP contribution is -2.37. The molecular weight excluding hydrogens is 402 g/mol. The Morgan fingerprint density at radius 3 is 2.69 bits per heavy atom. The molecule has 0 aliphatic heterocycles. The molecule has 1 atom stereocenters. The first kappa shape index (κ1) is 19.9. The molecule has 1 unspecified atom stereocenters. The molecule has 1 aromatic carbocycles. The van der Waals surface area contributed by atoms with Crippen LogP contribution in [0.25, 0.3) is 0 Å². The van der Waals surface area contributed by atoms with Crippen molar-refractivity contribution in [3.8, 4) is 0 Å². The molecule has 0 spiro atoms. The highest BCUT2D eigenvalue weighted by atomic mass is 79.9. The zero-order valence-electron chi connectivity index (χ0n) is 14.3. The van der Waals surface area contributed by atoms with E-state index in [1.165, 1.54) is 11.1 Å². The van der Waals surface area contributed by atoms with Crippen molar-refractivity contribution in [3.63, 3.8) is 0 Å². The summed E-state index contributed by atoms with van der Waals surface area (Å²) in [6, 6.07) is 10.8. The molecule has 2 amide bonds. The second-order valence-corrected chi connectivity index (χ2v) is 6.47. The number of hydrogen-bond donors (Lipinski definition) is 2. The third kappa shape index (κ3) is 6.12. The van der Waals surface area contributed by atoms with Gasteiger partial charge >= 0.3 is 6.09 Å². The van der Waals surface area contributed by atoms with Crippen LogP contribution in [0.5, 0.6) is 0 Å². The van der Waals surface area contributed by atoms with Crippen molar-refractivity contribution in [3.05, 3.63) is 58.8 Å². The number of nitrogens with one attached hydrogen (secondary N) is 1. The van der Waals surface area contributed by atoms with Crippen LogP contribution in [0.3, 0.4) is 0 Å². The number of aromatic nitrogens is 1.